The lowest BCUT2D eigenvalue weighted by molar-refractivity contribution is 0.110. The maximum Gasteiger partial charge on any atom is 0.115 e. The van der Waals surface area contributed by atoms with Gasteiger partial charge in [0, 0.05) is 6.54 Å². The fourth-order valence-corrected chi connectivity index (χ4v) is 4.19. The average molecular weight is 338 g/mol. The van der Waals surface area contributed by atoms with Gasteiger partial charge in [0.25, 0.3) is 0 Å². The first-order chi connectivity index (χ1) is 12.0. The molecule has 2 nitrogen and oxygen atoms in total. The molecule has 2 aromatic carbocycles. The predicted molar refractivity (Wildman–Crippen MR) is 105 cm³/mol. The molecular weight excluding hydrogens is 306 g/mol. The molecule has 2 aromatic rings. The van der Waals surface area contributed by atoms with Crippen LogP contribution in [0.1, 0.15) is 43.4 Å². The van der Waals surface area contributed by atoms with Crippen LogP contribution in [0.5, 0.6) is 5.75 Å². The van der Waals surface area contributed by atoms with Crippen molar-refractivity contribution in [2.75, 3.05) is 19.6 Å². The molecule has 3 rings (SSSR count). The van der Waals surface area contributed by atoms with Crippen molar-refractivity contribution in [1.82, 2.24) is 4.90 Å². The minimum atomic E-state index is 0.158. The summed E-state index contributed by atoms with van der Waals surface area (Å²) in [6.45, 7) is 10.4. The number of benzene rings is 2. The van der Waals surface area contributed by atoms with E-state index in [0.717, 1.165) is 19.5 Å². The van der Waals surface area contributed by atoms with Gasteiger partial charge in [-0.05, 0) is 79.4 Å². The summed E-state index contributed by atoms with van der Waals surface area (Å²) in [5.41, 5.74) is 4.33. The molecule has 0 aliphatic carbocycles. The number of hydrogen-bond donors (Lipinski definition) is 1. The second kappa shape index (κ2) is 7.61. The molecule has 1 fully saturated rings. The van der Waals surface area contributed by atoms with E-state index >= 15 is 0 Å². The minimum Gasteiger partial charge on any atom is -0.508 e. The van der Waals surface area contributed by atoms with Crippen LogP contribution in [-0.2, 0) is 11.8 Å². The molecule has 0 unspecified atom stereocenters. The highest BCUT2D eigenvalue weighted by atomic mass is 16.3. The quantitative estimate of drug-likeness (QED) is 0.836. The Morgan fingerprint density at radius 1 is 1.16 bits per heavy atom. The summed E-state index contributed by atoms with van der Waals surface area (Å²) in [5.74, 6) is 0.966. The highest BCUT2D eigenvalue weighted by Gasteiger charge is 2.37. The zero-order valence-electron chi connectivity index (χ0n) is 15.8. The fraction of sp³-hybridized carbons (Fsp3) is 0.478. The molecule has 0 radical (unpaired) electrons. The Hall–Kier alpha value is -1.80. The van der Waals surface area contributed by atoms with E-state index < -0.39 is 0 Å². The van der Waals surface area contributed by atoms with E-state index in [2.05, 4.69) is 56.0 Å². The van der Waals surface area contributed by atoms with Gasteiger partial charge in [0.15, 0.2) is 0 Å². The van der Waals surface area contributed by atoms with Gasteiger partial charge in [-0.3, -0.25) is 0 Å². The van der Waals surface area contributed by atoms with E-state index in [0.29, 0.717) is 11.7 Å². The monoisotopic (exact) mass is 337 g/mol. The number of phenols is 1. The summed E-state index contributed by atoms with van der Waals surface area (Å²) in [4.78, 5) is 2.62. The van der Waals surface area contributed by atoms with Crippen LogP contribution in [0, 0.1) is 12.8 Å². The van der Waals surface area contributed by atoms with Crippen LogP contribution in [-0.4, -0.2) is 29.6 Å². The molecule has 2 heteroatoms. The van der Waals surface area contributed by atoms with Crippen molar-refractivity contribution in [3.8, 4) is 5.75 Å². The van der Waals surface area contributed by atoms with Crippen molar-refractivity contribution < 1.29 is 5.11 Å². The minimum absolute atomic E-state index is 0.158. The fourth-order valence-electron chi connectivity index (χ4n) is 4.19. The van der Waals surface area contributed by atoms with Crippen LogP contribution >= 0.6 is 0 Å². The van der Waals surface area contributed by atoms with E-state index in [1.165, 1.54) is 36.1 Å². The van der Waals surface area contributed by atoms with E-state index in [1.54, 1.807) is 6.07 Å². The maximum atomic E-state index is 9.83. The van der Waals surface area contributed by atoms with Gasteiger partial charge in [0.2, 0.25) is 0 Å². The number of phenolic OH excluding ortho intramolecular Hbond substituents is 1. The van der Waals surface area contributed by atoms with Gasteiger partial charge in [-0.1, -0.05) is 50.2 Å². The molecule has 1 aliphatic rings. The van der Waals surface area contributed by atoms with E-state index in [-0.39, 0.29) is 5.41 Å². The molecule has 0 spiro atoms. The van der Waals surface area contributed by atoms with Gasteiger partial charge in [0.05, 0.1) is 0 Å². The third-order valence-corrected chi connectivity index (χ3v) is 6.25. The van der Waals surface area contributed by atoms with E-state index in [4.69, 9.17) is 0 Å². The van der Waals surface area contributed by atoms with Crippen molar-refractivity contribution in [3.63, 3.8) is 0 Å². The molecule has 134 valence electrons. The highest BCUT2D eigenvalue weighted by molar-refractivity contribution is 5.33. The first-order valence-electron chi connectivity index (χ1n) is 9.55. The number of aryl methyl sites for hydroxylation is 2. The highest BCUT2D eigenvalue weighted by Crippen LogP contribution is 2.40. The Morgan fingerprint density at radius 2 is 1.96 bits per heavy atom. The number of nitrogens with zero attached hydrogens (tertiary/aromatic N) is 1. The largest absolute Gasteiger partial charge is 0.508 e. The molecule has 1 saturated heterocycles. The number of rotatable bonds is 5. The lowest BCUT2D eigenvalue weighted by atomic mass is 9.68. The summed E-state index contributed by atoms with van der Waals surface area (Å²) in [6, 6.07) is 16.6. The lowest BCUT2D eigenvalue weighted by Gasteiger charge is -2.45. The second-order valence-electron chi connectivity index (χ2n) is 7.95. The van der Waals surface area contributed by atoms with E-state index in [1.807, 2.05) is 12.1 Å². The van der Waals surface area contributed by atoms with E-state index in [9.17, 15) is 5.11 Å². The molecule has 25 heavy (non-hydrogen) atoms. The average Bonchev–Trinajstić information content (AvgIpc) is 2.60. The van der Waals surface area contributed by atoms with Crippen LogP contribution in [0.2, 0.25) is 0 Å². The molecular formula is C23H31NO. The molecule has 0 bridgehead atoms. The van der Waals surface area contributed by atoms with Crippen molar-refractivity contribution in [3.05, 3.63) is 65.2 Å². The van der Waals surface area contributed by atoms with Gasteiger partial charge < -0.3 is 10.0 Å². The van der Waals surface area contributed by atoms with Crippen LogP contribution in [0.15, 0.2) is 48.5 Å². The Bertz CT molecular complexity index is 711. The summed E-state index contributed by atoms with van der Waals surface area (Å²) in [7, 11) is 0. The van der Waals surface area contributed by atoms with Crippen LogP contribution in [0.3, 0.4) is 0 Å². The van der Waals surface area contributed by atoms with Crippen molar-refractivity contribution >= 4 is 0 Å². The van der Waals surface area contributed by atoms with Gasteiger partial charge in [-0.2, -0.15) is 0 Å². The normalized spacial score (nSPS) is 24.4. The number of aromatic hydroxyl groups is 1. The number of likely N-dealkylation sites (tertiary alicyclic amines) is 1. The molecule has 0 amide bonds. The van der Waals surface area contributed by atoms with Gasteiger partial charge in [-0.15, -0.1) is 0 Å². The first kappa shape index (κ1) is 18.0. The molecule has 1 N–H and O–H groups in total. The Kier molecular flexibility index (Phi) is 5.48. The van der Waals surface area contributed by atoms with Crippen molar-refractivity contribution in [2.24, 2.45) is 5.92 Å². The van der Waals surface area contributed by atoms with Crippen molar-refractivity contribution in [1.29, 1.82) is 0 Å². The van der Waals surface area contributed by atoms with Gasteiger partial charge in [0.1, 0.15) is 5.75 Å². The van der Waals surface area contributed by atoms with Gasteiger partial charge in [-0.25, -0.2) is 0 Å². The molecule has 1 aliphatic heterocycles. The standard InChI is InChI=1S/C23H31NO/c1-18-8-4-5-9-20(18)10-7-14-24-15-13-23(3,19(2)17-24)21-11-6-12-22(25)16-21/h4-6,8-9,11-12,16,19,25H,7,10,13-15,17H2,1-3H3/t19-,23+/m1/s1. The summed E-state index contributed by atoms with van der Waals surface area (Å²) >= 11 is 0. The number of piperidine rings is 1. The third kappa shape index (κ3) is 4.07. The molecule has 1 heterocycles. The molecule has 2 atom stereocenters. The Morgan fingerprint density at radius 3 is 2.68 bits per heavy atom. The Labute approximate surface area is 152 Å². The molecule has 0 saturated carbocycles. The number of hydrogen-bond acceptors (Lipinski definition) is 2. The zero-order chi connectivity index (χ0) is 17.9. The molecule has 0 aromatic heterocycles. The SMILES string of the molecule is Cc1ccccc1CCCN1CC[C@](C)(c2cccc(O)c2)[C@H](C)C1. The lowest BCUT2D eigenvalue weighted by Crippen LogP contribution is -2.47. The Balaban J connectivity index is 1.56. The zero-order valence-corrected chi connectivity index (χ0v) is 15.8. The summed E-state index contributed by atoms with van der Waals surface area (Å²) in [6.07, 6.45) is 3.55. The predicted octanol–water partition coefficient (Wildman–Crippen LogP) is 4.93. The maximum absolute atomic E-state index is 9.83. The summed E-state index contributed by atoms with van der Waals surface area (Å²) in [5, 5.41) is 9.83. The van der Waals surface area contributed by atoms with Crippen molar-refractivity contribution in [2.45, 2.75) is 45.4 Å². The second-order valence-corrected chi connectivity index (χ2v) is 7.95. The van der Waals surface area contributed by atoms with Crippen LogP contribution in [0.25, 0.3) is 0 Å². The van der Waals surface area contributed by atoms with Crippen LogP contribution < -0.4 is 0 Å². The van der Waals surface area contributed by atoms with Crippen LogP contribution in [0.4, 0.5) is 0 Å². The first-order valence-corrected chi connectivity index (χ1v) is 9.55. The topological polar surface area (TPSA) is 23.5 Å². The smallest absolute Gasteiger partial charge is 0.115 e. The third-order valence-electron chi connectivity index (χ3n) is 6.25. The van der Waals surface area contributed by atoms with Gasteiger partial charge >= 0.3 is 0 Å². The summed E-state index contributed by atoms with van der Waals surface area (Å²) < 4.78 is 0.